The van der Waals surface area contributed by atoms with E-state index in [9.17, 15) is 14.7 Å². The lowest BCUT2D eigenvalue weighted by molar-refractivity contribution is -0.140. The highest BCUT2D eigenvalue weighted by Crippen LogP contribution is 2.41. The molecule has 1 amide bonds. The van der Waals surface area contributed by atoms with Gasteiger partial charge in [-0.05, 0) is 54.8 Å². The summed E-state index contributed by atoms with van der Waals surface area (Å²) in [5.41, 5.74) is 2.34. The van der Waals surface area contributed by atoms with Crippen molar-refractivity contribution in [3.05, 3.63) is 64.7 Å². The molecule has 0 aliphatic carbocycles. The third kappa shape index (κ3) is 5.97. The van der Waals surface area contributed by atoms with Crippen LogP contribution in [0.5, 0.6) is 11.5 Å². The Morgan fingerprint density at radius 1 is 1.08 bits per heavy atom. The molecule has 0 spiro atoms. The van der Waals surface area contributed by atoms with E-state index in [4.69, 9.17) is 14.2 Å². The summed E-state index contributed by atoms with van der Waals surface area (Å²) >= 11 is 0. The Bertz CT molecular complexity index is 1240. The van der Waals surface area contributed by atoms with Crippen LogP contribution in [-0.2, 0) is 20.7 Å². The van der Waals surface area contributed by atoms with E-state index in [0.717, 1.165) is 55.6 Å². The zero-order valence-electron chi connectivity index (χ0n) is 22.9. The summed E-state index contributed by atoms with van der Waals surface area (Å²) in [7, 11) is 0. The number of rotatable bonds is 10. The number of fused-ring (bicyclic) bond motifs is 1. The summed E-state index contributed by atoms with van der Waals surface area (Å²) in [6.45, 7) is 8.60. The summed E-state index contributed by atoms with van der Waals surface area (Å²) in [6, 6.07) is 12.3. The number of carbonyl (C=O) groups excluding carboxylic acids is 2. The molecule has 3 aliphatic heterocycles. The molecule has 8 heteroatoms. The summed E-state index contributed by atoms with van der Waals surface area (Å²) in [5.74, 6) is 0.0467. The molecule has 3 heterocycles. The fourth-order valence-electron chi connectivity index (χ4n) is 5.57. The number of carbonyl (C=O) groups is 2. The summed E-state index contributed by atoms with van der Waals surface area (Å²) in [5, 5.41) is 11.5. The van der Waals surface area contributed by atoms with E-state index in [1.165, 1.54) is 0 Å². The highest BCUT2D eigenvalue weighted by atomic mass is 16.5. The van der Waals surface area contributed by atoms with E-state index in [-0.39, 0.29) is 17.4 Å². The van der Waals surface area contributed by atoms with Crippen LogP contribution in [0.2, 0.25) is 0 Å². The molecule has 2 fully saturated rings. The molecule has 0 saturated carbocycles. The fraction of sp³-hybridized carbons (Fsp3) is 0.484. The first-order valence-corrected chi connectivity index (χ1v) is 14.1. The third-order valence-electron chi connectivity index (χ3n) is 7.66. The molecule has 39 heavy (non-hydrogen) atoms. The number of unbranched alkanes of at least 4 members (excludes halogenated alkanes) is 2. The molecule has 1 N–H and O–H groups in total. The fourth-order valence-corrected chi connectivity index (χ4v) is 5.57. The van der Waals surface area contributed by atoms with Crippen molar-refractivity contribution >= 4 is 17.4 Å². The Morgan fingerprint density at radius 3 is 2.69 bits per heavy atom. The van der Waals surface area contributed by atoms with Gasteiger partial charge in [0.25, 0.3) is 11.7 Å². The minimum Gasteiger partial charge on any atom is -0.507 e. The van der Waals surface area contributed by atoms with Crippen LogP contribution >= 0.6 is 0 Å². The number of ketones is 1. The Labute approximate surface area is 230 Å². The number of nitrogens with zero attached hydrogens (tertiary/aromatic N) is 2. The number of benzene rings is 2. The van der Waals surface area contributed by atoms with Crippen LogP contribution in [0.3, 0.4) is 0 Å². The van der Waals surface area contributed by atoms with Gasteiger partial charge in [-0.25, -0.2) is 0 Å². The number of hydrogen-bond acceptors (Lipinski definition) is 7. The van der Waals surface area contributed by atoms with Gasteiger partial charge in [-0.1, -0.05) is 31.9 Å². The molecule has 0 bridgehead atoms. The molecule has 2 atom stereocenters. The predicted molar refractivity (Wildman–Crippen MR) is 148 cm³/mol. The van der Waals surface area contributed by atoms with Crippen LogP contribution in [0.15, 0.2) is 48.0 Å². The van der Waals surface area contributed by atoms with Gasteiger partial charge >= 0.3 is 0 Å². The second-order valence-corrected chi connectivity index (χ2v) is 10.5. The van der Waals surface area contributed by atoms with Gasteiger partial charge in [-0.15, -0.1) is 0 Å². The monoisotopic (exact) mass is 534 g/mol. The zero-order chi connectivity index (χ0) is 27.4. The lowest BCUT2D eigenvalue weighted by atomic mass is 9.94. The smallest absolute Gasteiger partial charge is 0.295 e. The topological polar surface area (TPSA) is 88.5 Å². The number of amides is 1. The zero-order valence-corrected chi connectivity index (χ0v) is 22.9. The first-order valence-electron chi connectivity index (χ1n) is 14.1. The molecule has 2 aromatic rings. The molecule has 208 valence electrons. The molecular weight excluding hydrogens is 496 g/mol. The van der Waals surface area contributed by atoms with Gasteiger partial charge in [-0.3, -0.25) is 14.5 Å². The van der Waals surface area contributed by atoms with Gasteiger partial charge in [0.1, 0.15) is 23.4 Å². The van der Waals surface area contributed by atoms with Crippen LogP contribution in [-0.4, -0.2) is 78.7 Å². The quantitative estimate of drug-likeness (QED) is 0.210. The van der Waals surface area contributed by atoms with E-state index >= 15 is 0 Å². The molecule has 0 unspecified atom stereocenters. The minimum absolute atomic E-state index is 0.0585. The first-order chi connectivity index (χ1) is 19.0. The van der Waals surface area contributed by atoms with Crippen LogP contribution in [0.25, 0.3) is 5.76 Å². The maximum Gasteiger partial charge on any atom is 0.295 e. The van der Waals surface area contributed by atoms with Crippen molar-refractivity contribution < 1.29 is 28.9 Å². The molecule has 0 aromatic heterocycles. The molecule has 2 aromatic carbocycles. The van der Waals surface area contributed by atoms with Crippen LogP contribution in [0, 0.1) is 0 Å². The van der Waals surface area contributed by atoms with Gasteiger partial charge in [0.15, 0.2) is 0 Å². The standard InChI is InChI=1S/C31H38N2O6/c1-3-4-5-15-38-25-8-6-7-22(20-25)28-27(29(34)23-9-10-26-24(19-23)18-21(2)39-26)30(35)31(36)33(28)12-11-32-13-16-37-17-14-32/h6-10,19-21,28,34H,3-5,11-18H2,1-2H3/t21-,28+/m0/s1. The average molecular weight is 535 g/mol. The normalized spacial score (nSPS) is 22.7. The van der Waals surface area contributed by atoms with Gasteiger partial charge in [0, 0.05) is 38.2 Å². The average Bonchev–Trinajstić information content (AvgIpc) is 3.45. The SMILES string of the molecule is CCCCCOc1cccc([C@@H]2C(=C(O)c3ccc4c(c3)C[C@H](C)O4)C(=O)C(=O)N2CCN2CCOCC2)c1. The molecule has 2 saturated heterocycles. The number of hydrogen-bond donors (Lipinski definition) is 1. The first kappa shape index (κ1) is 27.2. The Hall–Kier alpha value is -3.36. The Kier molecular flexibility index (Phi) is 8.53. The van der Waals surface area contributed by atoms with Gasteiger partial charge in [0.2, 0.25) is 0 Å². The van der Waals surface area contributed by atoms with Crippen LogP contribution in [0.4, 0.5) is 0 Å². The summed E-state index contributed by atoms with van der Waals surface area (Å²) in [4.78, 5) is 30.7. The summed E-state index contributed by atoms with van der Waals surface area (Å²) in [6.07, 6.45) is 3.94. The van der Waals surface area contributed by atoms with Crippen molar-refractivity contribution in [1.29, 1.82) is 0 Å². The number of Topliss-reactive ketones (excluding diaryl/α,β-unsaturated/α-hetero) is 1. The van der Waals surface area contributed by atoms with Gasteiger partial charge in [0.05, 0.1) is 31.4 Å². The van der Waals surface area contributed by atoms with Gasteiger partial charge < -0.3 is 24.2 Å². The predicted octanol–water partition coefficient (Wildman–Crippen LogP) is 4.33. The highest BCUT2D eigenvalue weighted by molar-refractivity contribution is 6.46. The van der Waals surface area contributed by atoms with Crippen molar-refractivity contribution in [2.24, 2.45) is 0 Å². The van der Waals surface area contributed by atoms with E-state index in [1.807, 2.05) is 43.3 Å². The molecular formula is C31H38N2O6. The van der Waals surface area contributed by atoms with Crippen molar-refractivity contribution in [2.75, 3.05) is 46.0 Å². The lowest BCUT2D eigenvalue weighted by Crippen LogP contribution is -2.42. The number of morpholine rings is 1. The number of ether oxygens (including phenoxy) is 3. The molecule has 0 radical (unpaired) electrons. The molecule has 3 aliphatic rings. The van der Waals surface area contributed by atoms with E-state index < -0.39 is 17.7 Å². The Balaban J connectivity index is 1.49. The number of aliphatic hydroxyl groups is 1. The summed E-state index contributed by atoms with van der Waals surface area (Å²) < 4.78 is 17.3. The largest absolute Gasteiger partial charge is 0.507 e. The highest BCUT2D eigenvalue weighted by Gasteiger charge is 2.46. The van der Waals surface area contributed by atoms with E-state index in [0.29, 0.717) is 44.2 Å². The van der Waals surface area contributed by atoms with Crippen molar-refractivity contribution in [3.63, 3.8) is 0 Å². The number of aliphatic hydroxyl groups excluding tert-OH is 1. The Morgan fingerprint density at radius 2 is 1.90 bits per heavy atom. The maximum atomic E-state index is 13.5. The second kappa shape index (κ2) is 12.2. The van der Waals surface area contributed by atoms with Crippen LogP contribution < -0.4 is 9.47 Å². The second-order valence-electron chi connectivity index (χ2n) is 10.5. The van der Waals surface area contributed by atoms with E-state index in [1.54, 1.807) is 11.0 Å². The third-order valence-corrected chi connectivity index (χ3v) is 7.66. The van der Waals surface area contributed by atoms with Crippen molar-refractivity contribution in [2.45, 2.75) is 51.7 Å². The van der Waals surface area contributed by atoms with Crippen molar-refractivity contribution in [1.82, 2.24) is 9.80 Å². The minimum atomic E-state index is -0.714. The molecule has 8 nitrogen and oxygen atoms in total. The van der Waals surface area contributed by atoms with E-state index in [2.05, 4.69) is 11.8 Å². The maximum absolute atomic E-state index is 13.5. The van der Waals surface area contributed by atoms with Crippen molar-refractivity contribution in [3.8, 4) is 11.5 Å². The molecule has 5 rings (SSSR count). The number of likely N-dealkylation sites (tertiary alicyclic amines) is 1. The van der Waals surface area contributed by atoms with Crippen LogP contribution in [0.1, 0.15) is 55.8 Å². The lowest BCUT2D eigenvalue weighted by Gasteiger charge is -2.31. The van der Waals surface area contributed by atoms with Gasteiger partial charge in [-0.2, -0.15) is 0 Å².